The first-order valence-electron chi connectivity index (χ1n) is 11.6. The van der Waals surface area contributed by atoms with E-state index in [9.17, 15) is 9.18 Å². The summed E-state index contributed by atoms with van der Waals surface area (Å²) in [7, 11) is 1.60. The van der Waals surface area contributed by atoms with Crippen LogP contribution in [0.15, 0.2) is 60.9 Å². The van der Waals surface area contributed by atoms with Gasteiger partial charge in [-0.05, 0) is 55.9 Å². The number of hydrogen-bond donors (Lipinski definition) is 1. The van der Waals surface area contributed by atoms with Gasteiger partial charge in [-0.25, -0.2) is 14.2 Å². The van der Waals surface area contributed by atoms with Crippen molar-refractivity contribution >= 4 is 11.7 Å². The van der Waals surface area contributed by atoms with Gasteiger partial charge in [-0.2, -0.15) is 0 Å². The van der Waals surface area contributed by atoms with E-state index in [1.807, 2.05) is 36.2 Å². The van der Waals surface area contributed by atoms with Crippen LogP contribution < -0.4 is 14.8 Å². The number of aromatic nitrogens is 2. The van der Waals surface area contributed by atoms with E-state index in [1.54, 1.807) is 37.6 Å². The molecule has 0 bridgehead atoms. The molecule has 1 N–H and O–H groups in total. The van der Waals surface area contributed by atoms with Crippen molar-refractivity contribution < 1.29 is 18.7 Å². The topological polar surface area (TPSA) is 68.6 Å². The molecule has 1 aliphatic heterocycles. The molecule has 0 spiro atoms. The van der Waals surface area contributed by atoms with Gasteiger partial charge >= 0.3 is 6.03 Å². The van der Waals surface area contributed by atoms with Crippen LogP contribution in [0.25, 0.3) is 0 Å². The van der Waals surface area contributed by atoms with Crippen molar-refractivity contribution in [2.75, 3.05) is 25.5 Å². The van der Waals surface area contributed by atoms with Gasteiger partial charge < -0.3 is 24.3 Å². The molecule has 2 fully saturated rings. The number of urea groups is 1. The number of aryl methyl sites for hydroxylation is 1. The highest BCUT2D eigenvalue weighted by Gasteiger charge is 2.45. The van der Waals surface area contributed by atoms with Gasteiger partial charge in [-0.1, -0.05) is 18.2 Å². The van der Waals surface area contributed by atoms with Crippen LogP contribution in [-0.2, 0) is 0 Å². The fourth-order valence-corrected chi connectivity index (χ4v) is 5.32. The summed E-state index contributed by atoms with van der Waals surface area (Å²) in [6.07, 6.45) is 5.10. The molecule has 1 aromatic heterocycles. The normalized spacial score (nSPS) is 23.9. The quantitative estimate of drug-likeness (QED) is 0.583. The number of carbonyl (C=O) groups is 1. The van der Waals surface area contributed by atoms with Crippen molar-refractivity contribution in [1.82, 2.24) is 14.5 Å². The number of carbonyl (C=O) groups excluding carboxylic acids is 1. The Bertz CT molecular complexity index is 1170. The Labute approximate surface area is 198 Å². The third-order valence-electron chi connectivity index (χ3n) is 7.03. The van der Waals surface area contributed by atoms with Gasteiger partial charge in [0.2, 0.25) is 0 Å². The first-order chi connectivity index (χ1) is 16.5. The lowest BCUT2D eigenvalue weighted by atomic mass is 9.77. The number of hydrogen-bond acceptors (Lipinski definition) is 4. The molecule has 1 aliphatic carbocycles. The number of rotatable bonds is 5. The van der Waals surface area contributed by atoms with Crippen molar-refractivity contribution in [2.24, 2.45) is 11.8 Å². The molecule has 0 radical (unpaired) electrons. The minimum Gasteiger partial charge on any atom is -0.497 e. The highest BCUT2D eigenvalue weighted by Crippen LogP contribution is 2.43. The number of ether oxygens (including phenoxy) is 2. The molecule has 4 atom stereocenters. The van der Waals surface area contributed by atoms with Gasteiger partial charge in [-0.3, -0.25) is 0 Å². The largest absolute Gasteiger partial charge is 0.497 e. The number of likely N-dealkylation sites (tertiary alicyclic amines) is 1. The predicted octanol–water partition coefficient (Wildman–Crippen LogP) is 4.90. The minimum absolute atomic E-state index is 0.0183. The number of imidazole rings is 1. The van der Waals surface area contributed by atoms with E-state index in [0.717, 1.165) is 18.7 Å². The van der Waals surface area contributed by atoms with E-state index in [0.29, 0.717) is 30.4 Å². The SMILES string of the molecule is COc1cccc(NC(=O)N2C[C@H]3C[C@H](Oc4ccccc4F)[C@@H](n4ccnc4C)C[C@H]3C2)c1. The van der Waals surface area contributed by atoms with E-state index in [1.165, 1.54) is 6.07 Å². The van der Waals surface area contributed by atoms with Gasteiger partial charge in [0.05, 0.1) is 13.2 Å². The summed E-state index contributed by atoms with van der Waals surface area (Å²) in [5, 5.41) is 2.99. The molecule has 2 aliphatic rings. The first-order valence-corrected chi connectivity index (χ1v) is 11.6. The second kappa shape index (κ2) is 9.37. The van der Waals surface area contributed by atoms with Gasteiger partial charge in [0.1, 0.15) is 17.7 Å². The van der Waals surface area contributed by atoms with Gasteiger partial charge in [0.15, 0.2) is 11.6 Å². The van der Waals surface area contributed by atoms with E-state index in [4.69, 9.17) is 9.47 Å². The van der Waals surface area contributed by atoms with Gasteiger partial charge in [0, 0.05) is 37.2 Å². The molecule has 2 heterocycles. The number of para-hydroxylation sites is 1. The number of halogens is 1. The number of anilines is 1. The summed E-state index contributed by atoms with van der Waals surface area (Å²) in [4.78, 5) is 19.3. The van der Waals surface area contributed by atoms with Crippen LogP contribution in [0.3, 0.4) is 0 Å². The third kappa shape index (κ3) is 4.44. The Morgan fingerprint density at radius 3 is 2.65 bits per heavy atom. The number of benzene rings is 2. The second-order valence-corrected chi connectivity index (χ2v) is 9.09. The molecule has 1 saturated carbocycles. The molecule has 0 unspecified atom stereocenters. The van der Waals surface area contributed by atoms with Crippen LogP contribution in [0.5, 0.6) is 11.5 Å². The van der Waals surface area contributed by atoms with Gasteiger partial charge in [-0.15, -0.1) is 0 Å². The van der Waals surface area contributed by atoms with E-state index >= 15 is 0 Å². The lowest BCUT2D eigenvalue weighted by Gasteiger charge is -2.39. The summed E-state index contributed by atoms with van der Waals surface area (Å²) in [6, 6.07) is 13.8. The Balaban J connectivity index is 1.33. The smallest absolute Gasteiger partial charge is 0.321 e. The molecule has 1 saturated heterocycles. The molecular formula is C26H29FN4O3. The fourth-order valence-electron chi connectivity index (χ4n) is 5.32. The molecule has 2 aromatic carbocycles. The van der Waals surface area contributed by atoms with Crippen molar-refractivity contribution in [3.8, 4) is 11.5 Å². The highest BCUT2D eigenvalue weighted by atomic mass is 19.1. The molecule has 2 amide bonds. The Hall–Kier alpha value is -3.55. The summed E-state index contributed by atoms with van der Waals surface area (Å²) in [5.74, 6) is 2.11. The van der Waals surface area contributed by atoms with Gasteiger partial charge in [0.25, 0.3) is 0 Å². The van der Waals surface area contributed by atoms with E-state index in [-0.39, 0.29) is 35.7 Å². The third-order valence-corrected chi connectivity index (χ3v) is 7.03. The fraction of sp³-hybridized carbons (Fsp3) is 0.385. The van der Waals surface area contributed by atoms with Crippen LogP contribution in [-0.4, -0.2) is 46.8 Å². The minimum atomic E-state index is -0.364. The predicted molar refractivity (Wildman–Crippen MR) is 127 cm³/mol. The van der Waals surface area contributed by atoms with Crippen LogP contribution in [0.1, 0.15) is 24.7 Å². The number of methoxy groups -OCH3 is 1. The van der Waals surface area contributed by atoms with Crippen molar-refractivity contribution in [1.29, 1.82) is 0 Å². The van der Waals surface area contributed by atoms with Crippen LogP contribution in [0, 0.1) is 24.6 Å². The summed E-state index contributed by atoms with van der Waals surface area (Å²) in [5.41, 5.74) is 0.701. The summed E-state index contributed by atoms with van der Waals surface area (Å²) >= 11 is 0. The van der Waals surface area contributed by atoms with Crippen molar-refractivity contribution in [3.63, 3.8) is 0 Å². The summed E-state index contributed by atoms with van der Waals surface area (Å²) in [6.45, 7) is 3.29. The second-order valence-electron chi connectivity index (χ2n) is 9.09. The zero-order valence-corrected chi connectivity index (χ0v) is 19.4. The van der Waals surface area contributed by atoms with Crippen molar-refractivity contribution in [3.05, 3.63) is 72.6 Å². The molecule has 5 rings (SSSR count). The zero-order valence-electron chi connectivity index (χ0n) is 19.4. The number of fused-ring (bicyclic) bond motifs is 1. The zero-order chi connectivity index (χ0) is 23.7. The summed E-state index contributed by atoms with van der Waals surface area (Å²) < 4.78 is 28.0. The maximum Gasteiger partial charge on any atom is 0.321 e. The van der Waals surface area contributed by atoms with Crippen LogP contribution in [0.2, 0.25) is 0 Å². The molecule has 178 valence electrons. The lowest BCUT2D eigenvalue weighted by molar-refractivity contribution is 0.0509. The Kier molecular flexibility index (Phi) is 6.13. The Morgan fingerprint density at radius 2 is 1.91 bits per heavy atom. The molecule has 3 aromatic rings. The molecule has 8 heteroatoms. The molecular weight excluding hydrogens is 435 g/mol. The standard InChI is InChI=1S/C26H29FN4O3/c1-17-28-10-11-31(17)23-12-18-15-30(26(32)29-20-6-5-7-21(14-20)33-2)16-19(18)13-25(23)34-24-9-4-3-8-22(24)27/h3-11,14,18-19,23,25H,12-13,15-16H2,1-2H3,(H,29,32)/t18-,19+,23-,25-/m0/s1. The van der Waals surface area contributed by atoms with Crippen LogP contribution in [0.4, 0.5) is 14.9 Å². The lowest BCUT2D eigenvalue weighted by Crippen LogP contribution is -2.40. The van der Waals surface area contributed by atoms with Crippen molar-refractivity contribution in [2.45, 2.75) is 31.9 Å². The molecule has 7 nitrogen and oxygen atoms in total. The number of amides is 2. The first kappa shape index (κ1) is 22.3. The highest BCUT2D eigenvalue weighted by molar-refractivity contribution is 5.89. The maximum absolute atomic E-state index is 14.4. The Morgan fingerprint density at radius 1 is 1.12 bits per heavy atom. The van der Waals surface area contributed by atoms with E-state index < -0.39 is 0 Å². The molecule has 34 heavy (non-hydrogen) atoms. The number of nitrogens with zero attached hydrogens (tertiary/aromatic N) is 3. The average Bonchev–Trinajstić information content (AvgIpc) is 3.45. The van der Waals surface area contributed by atoms with E-state index in [2.05, 4.69) is 14.9 Å². The average molecular weight is 465 g/mol. The number of nitrogens with one attached hydrogen (secondary N) is 1. The maximum atomic E-state index is 14.4. The monoisotopic (exact) mass is 464 g/mol. The van der Waals surface area contributed by atoms with Crippen LogP contribution >= 0.6 is 0 Å².